The molecule has 0 aromatic heterocycles. The normalized spacial score (nSPS) is 11.2. The summed E-state index contributed by atoms with van der Waals surface area (Å²) in [5.41, 5.74) is 0.463. The van der Waals surface area contributed by atoms with Gasteiger partial charge in [-0.25, -0.2) is 9.35 Å². The first-order chi connectivity index (χ1) is 11.3. The van der Waals surface area contributed by atoms with E-state index in [1.807, 2.05) is 13.8 Å². The van der Waals surface area contributed by atoms with Gasteiger partial charge in [-0.3, -0.25) is 10.1 Å². The smallest absolute Gasteiger partial charge is 0.271 e. The molecule has 0 aliphatic heterocycles. The largest absolute Gasteiger partial charge is 0.454 e. The lowest BCUT2D eigenvalue weighted by Gasteiger charge is -2.12. The van der Waals surface area contributed by atoms with Crippen LogP contribution in [0.1, 0.15) is 19.4 Å². The van der Waals surface area contributed by atoms with Gasteiger partial charge in [-0.2, -0.15) is 0 Å². The first-order valence-electron chi connectivity index (χ1n) is 6.87. The highest BCUT2D eigenvalue weighted by molar-refractivity contribution is 7.82. The molecule has 0 aliphatic carbocycles. The number of nitrogens with zero attached hydrogens (tertiary/aromatic N) is 1. The van der Waals surface area contributed by atoms with Gasteiger partial charge in [0.25, 0.3) is 5.69 Å². The van der Waals surface area contributed by atoms with Crippen LogP contribution in [0.4, 0.5) is 5.69 Å². The predicted octanol–water partition coefficient (Wildman–Crippen LogP) is 5.01. The summed E-state index contributed by atoms with van der Waals surface area (Å²) in [6.45, 7) is 5.71. The van der Waals surface area contributed by atoms with Crippen LogP contribution in [0.5, 0.6) is 11.5 Å². The van der Waals surface area contributed by atoms with E-state index in [-0.39, 0.29) is 21.5 Å². The summed E-state index contributed by atoms with van der Waals surface area (Å²) >= 11 is 12.1. The van der Waals surface area contributed by atoms with Crippen LogP contribution in [0.2, 0.25) is 10.0 Å². The molecule has 0 saturated heterocycles. The van der Waals surface area contributed by atoms with Crippen LogP contribution in [0.15, 0.2) is 35.2 Å². The van der Waals surface area contributed by atoms with Crippen molar-refractivity contribution >= 4 is 39.9 Å². The van der Waals surface area contributed by atoms with Gasteiger partial charge in [0.15, 0.2) is 0 Å². The summed E-state index contributed by atoms with van der Waals surface area (Å²) < 4.78 is 16.9. The minimum atomic E-state index is -1.66. The Hall–Kier alpha value is -1.67. The summed E-state index contributed by atoms with van der Waals surface area (Å²) in [6, 6.07) is 6.85. The quantitative estimate of drug-likeness (QED) is 0.585. The Morgan fingerprint density at radius 1 is 1.17 bits per heavy atom. The molecule has 1 unspecified atom stereocenters. The summed E-state index contributed by atoms with van der Waals surface area (Å²) in [5.74, 6) is 0.533. The molecular formula is C15H16Cl2N2O4S. The number of aryl methyl sites for hydroxylation is 1. The second kappa shape index (κ2) is 8.98. The Bertz CT molecular complexity index is 761. The molecule has 1 atom stereocenters. The molecule has 0 saturated carbocycles. The third kappa shape index (κ3) is 4.91. The van der Waals surface area contributed by atoms with Crippen LogP contribution in [0, 0.1) is 17.0 Å². The monoisotopic (exact) mass is 390 g/mol. The van der Waals surface area contributed by atoms with E-state index in [0.717, 1.165) is 0 Å². The molecule has 0 heterocycles. The summed E-state index contributed by atoms with van der Waals surface area (Å²) in [7, 11) is -1.66. The number of hydrogen-bond donors (Lipinski definition) is 1. The molecule has 0 amide bonds. The van der Waals surface area contributed by atoms with Crippen LogP contribution in [0.25, 0.3) is 0 Å². The number of nitro benzene ring substituents is 1. The average molecular weight is 391 g/mol. The molecule has 2 aromatic carbocycles. The van der Waals surface area contributed by atoms with Gasteiger partial charge in [0.05, 0.1) is 19.9 Å². The topological polar surface area (TPSA) is 95.5 Å². The summed E-state index contributed by atoms with van der Waals surface area (Å²) in [5, 5.41) is 16.3. The van der Waals surface area contributed by atoms with Gasteiger partial charge < -0.3 is 4.74 Å². The zero-order chi connectivity index (χ0) is 18.4. The Kier molecular flexibility index (Phi) is 7.62. The minimum absolute atomic E-state index is 0.0798. The van der Waals surface area contributed by atoms with E-state index < -0.39 is 15.9 Å². The van der Waals surface area contributed by atoms with Gasteiger partial charge in [0, 0.05) is 12.1 Å². The highest BCUT2D eigenvalue weighted by Crippen LogP contribution is 2.38. The summed E-state index contributed by atoms with van der Waals surface area (Å²) in [4.78, 5) is 10.5. The number of nitrogens with two attached hydrogens (primary N) is 1. The molecule has 0 spiro atoms. The van der Waals surface area contributed by atoms with E-state index in [4.69, 9.17) is 33.1 Å². The number of benzene rings is 2. The number of ether oxygens (including phenoxy) is 1. The Morgan fingerprint density at radius 3 is 2.25 bits per heavy atom. The lowest BCUT2D eigenvalue weighted by atomic mass is 10.2. The maximum atomic E-state index is 11.3. The van der Waals surface area contributed by atoms with Crippen LogP contribution in [-0.4, -0.2) is 9.13 Å². The maximum Gasteiger partial charge on any atom is 0.271 e. The second-order valence-corrected chi connectivity index (χ2v) is 6.20. The maximum absolute atomic E-state index is 11.3. The third-order valence-electron chi connectivity index (χ3n) is 2.77. The van der Waals surface area contributed by atoms with E-state index in [1.165, 1.54) is 24.3 Å². The van der Waals surface area contributed by atoms with Crippen LogP contribution < -0.4 is 9.88 Å². The van der Waals surface area contributed by atoms with E-state index in [9.17, 15) is 14.3 Å². The minimum Gasteiger partial charge on any atom is -0.454 e. The second-order valence-electron chi connectivity index (χ2n) is 4.32. The fraction of sp³-hybridized carbons (Fsp3) is 0.200. The van der Waals surface area contributed by atoms with Gasteiger partial charge in [0.1, 0.15) is 22.5 Å². The number of halogens is 2. The number of hydrogen-bond acceptors (Lipinski definition) is 4. The van der Waals surface area contributed by atoms with E-state index in [1.54, 1.807) is 13.0 Å². The Morgan fingerprint density at radius 2 is 1.79 bits per heavy atom. The first-order valence-corrected chi connectivity index (χ1v) is 8.84. The van der Waals surface area contributed by atoms with Crippen LogP contribution in [-0.2, 0) is 11.0 Å². The predicted molar refractivity (Wildman–Crippen MR) is 96.3 cm³/mol. The van der Waals surface area contributed by atoms with E-state index in [2.05, 4.69) is 0 Å². The van der Waals surface area contributed by atoms with Crippen molar-refractivity contribution in [1.82, 2.24) is 0 Å². The molecule has 130 valence electrons. The molecule has 0 aliphatic rings. The lowest BCUT2D eigenvalue weighted by molar-refractivity contribution is -0.384. The number of nitro groups is 1. The average Bonchev–Trinajstić information content (AvgIpc) is 2.53. The summed E-state index contributed by atoms with van der Waals surface area (Å²) in [6.07, 6.45) is 0. The molecule has 2 aromatic rings. The first kappa shape index (κ1) is 20.4. The van der Waals surface area contributed by atoms with Crippen molar-refractivity contribution in [2.45, 2.75) is 25.7 Å². The van der Waals surface area contributed by atoms with Crippen molar-refractivity contribution < 1.29 is 13.9 Å². The molecule has 2 N–H and O–H groups in total. The van der Waals surface area contributed by atoms with Crippen molar-refractivity contribution in [3.05, 3.63) is 56.1 Å². The molecule has 0 bridgehead atoms. The lowest BCUT2D eigenvalue weighted by Crippen LogP contribution is -2.03. The molecule has 6 nitrogen and oxygen atoms in total. The Balaban J connectivity index is 0.00000139. The highest BCUT2D eigenvalue weighted by Gasteiger charge is 2.15. The molecule has 0 fully saturated rings. The van der Waals surface area contributed by atoms with Crippen molar-refractivity contribution in [3.63, 3.8) is 0 Å². The standard InChI is InChI=1S/C13H10Cl2N2O4S.C2H6/c1-7-4-9(22(16)20)6-11(15)13(7)21-12-3-2-8(17(18)19)5-10(12)14;1-2/h2-6H,16H2,1H3;1-2H3. The molecule has 0 radical (unpaired) electrons. The van der Waals surface area contributed by atoms with Gasteiger partial charge in [-0.05, 0) is 30.7 Å². The van der Waals surface area contributed by atoms with Gasteiger partial charge in [-0.15, -0.1) is 0 Å². The van der Waals surface area contributed by atoms with Crippen molar-refractivity contribution in [2.24, 2.45) is 5.14 Å². The van der Waals surface area contributed by atoms with Crippen LogP contribution in [0.3, 0.4) is 0 Å². The van der Waals surface area contributed by atoms with Crippen molar-refractivity contribution in [1.29, 1.82) is 0 Å². The third-order valence-corrected chi connectivity index (χ3v) is 4.05. The molecule has 9 heteroatoms. The van der Waals surface area contributed by atoms with Crippen molar-refractivity contribution in [3.8, 4) is 11.5 Å². The van der Waals surface area contributed by atoms with Crippen LogP contribution >= 0.6 is 23.2 Å². The van der Waals surface area contributed by atoms with E-state index >= 15 is 0 Å². The van der Waals surface area contributed by atoms with E-state index in [0.29, 0.717) is 16.2 Å². The molecule has 2 rings (SSSR count). The molecule has 24 heavy (non-hydrogen) atoms. The SMILES string of the molecule is CC.Cc1cc(S(N)=O)cc(Cl)c1Oc1ccc([N+](=O)[O-])cc1Cl. The zero-order valence-electron chi connectivity index (χ0n) is 13.2. The van der Waals surface area contributed by atoms with Gasteiger partial charge >= 0.3 is 0 Å². The fourth-order valence-electron chi connectivity index (χ4n) is 1.74. The Labute approximate surface area is 152 Å². The number of non-ortho nitro benzene ring substituents is 1. The molecular weight excluding hydrogens is 375 g/mol. The zero-order valence-corrected chi connectivity index (χ0v) is 15.5. The van der Waals surface area contributed by atoms with Gasteiger partial charge in [0.2, 0.25) is 0 Å². The fourth-order valence-corrected chi connectivity index (χ4v) is 2.85. The number of rotatable bonds is 4. The van der Waals surface area contributed by atoms with Crippen molar-refractivity contribution in [2.75, 3.05) is 0 Å². The van der Waals surface area contributed by atoms with Gasteiger partial charge in [-0.1, -0.05) is 37.0 Å². The highest BCUT2D eigenvalue weighted by atomic mass is 35.5.